The third-order valence-corrected chi connectivity index (χ3v) is 2.96. The molecule has 0 radical (unpaired) electrons. The largest absolute Gasteiger partial charge is 0.399 e. The summed E-state index contributed by atoms with van der Waals surface area (Å²) in [5, 5.41) is 10.6. The van der Waals surface area contributed by atoms with E-state index in [1.54, 1.807) is 12.1 Å². The number of hydrogen-bond acceptors (Lipinski definition) is 3. The molecule has 1 atom stereocenters. The molecule has 19 heavy (non-hydrogen) atoms. The van der Waals surface area contributed by atoms with Gasteiger partial charge in [0.15, 0.2) is 0 Å². The van der Waals surface area contributed by atoms with Gasteiger partial charge in [0.2, 0.25) is 0 Å². The number of halogens is 1. The van der Waals surface area contributed by atoms with Crippen LogP contribution < -0.4 is 5.73 Å². The Balaban J connectivity index is 1.85. The first-order valence-corrected chi connectivity index (χ1v) is 6.38. The summed E-state index contributed by atoms with van der Waals surface area (Å²) in [5.74, 6) is 0. The number of nitrogen functional groups attached to an aromatic ring is 1. The summed E-state index contributed by atoms with van der Waals surface area (Å²) in [4.78, 5) is 0. The second-order valence-electron chi connectivity index (χ2n) is 4.33. The lowest BCUT2D eigenvalue weighted by molar-refractivity contribution is 0.0277. The lowest BCUT2D eigenvalue weighted by Crippen LogP contribution is -2.07. The quantitative estimate of drug-likeness (QED) is 0.826. The molecular weight excluding hydrogens is 262 g/mol. The third-order valence-electron chi connectivity index (χ3n) is 2.73. The summed E-state index contributed by atoms with van der Waals surface area (Å²) in [7, 11) is 0. The highest BCUT2D eigenvalue weighted by Gasteiger charge is 2.07. The van der Waals surface area contributed by atoms with Crippen LogP contribution in [0.5, 0.6) is 0 Å². The van der Waals surface area contributed by atoms with Crippen molar-refractivity contribution < 1.29 is 9.84 Å². The van der Waals surface area contributed by atoms with E-state index in [-0.39, 0.29) is 6.61 Å². The van der Waals surface area contributed by atoms with Crippen LogP contribution in [-0.4, -0.2) is 11.7 Å². The maximum atomic E-state index is 9.97. The molecule has 0 aliphatic carbocycles. The van der Waals surface area contributed by atoms with E-state index in [0.717, 1.165) is 11.1 Å². The fraction of sp³-hybridized carbons (Fsp3) is 0.200. The average Bonchev–Trinajstić information content (AvgIpc) is 2.38. The molecule has 100 valence electrons. The van der Waals surface area contributed by atoms with E-state index < -0.39 is 6.10 Å². The van der Waals surface area contributed by atoms with Gasteiger partial charge >= 0.3 is 0 Å². The van der Waals surface area contributed by atoms with Gasteiger partial charge in [-0.3, -0.25) is 0 Å². The second-order valence-corrected chi connectivity index (χ2v) is 4.77. The van der Waals surface area contributed by atoms with Gasteiger partial charge in [-0.15, -0.1) is 0 Å². The minimum absolute atomic E-state index is 0.218. The Labute approximate surface area is 117 Å². The predicted octanol–water partition coefficient (Wildman–Crippen LogP) is 3.17. The van der Waals surface area contributed by atoms with Crippen molar-refractivity contribution in [3.63, 3.8) is 0 Å². The Morgan fingerprint density at radius 1 is 1.16 bits per heavy atom. The van der Waals surface area contributed by atoms with Crippen molar-refractivity contribution in [3.8, 4) is 0 Å². The van der Waals surface area contributed by atoms with Crippen LogP contribution in [0, 0.1) is 0 Å². The Kier molecular flexibility index (Phi) is 4.80. The summed E-state index contributed by atoms with van der Waals surface area (Å²) in [5.41, 5.74) is 8.03. The van der Waals surface area contributed by atoms with E-state index in [0.29, 0.717) is 17.3 Å². The molecule has 0 spiro atoms. The van der Waals surface area contributed by atoms with Crippen LogP contribution in [0.3, 0.4) is 0 Å². The molecule has 0 heterocycles. The smallest absolute Gasteiger partial charge is 0.102 e. The zero-order valence-electron chi connectivity index (χ0n) is 10.4. The molecule has 0 aliphatic rings. The van der Waals surface area contributed by atoms with Crippen LogP contribution in [0.25, 0.3) is 0 Å². The predicted molar refractivity (Wildman–Crippen MR) is 76.9 cm³/mol. The summed E-state index contributed by atoms with van der Waals surface area (Å²) < 4.78 is 5.48. The van der Waals surface area contributed by atoms with Crippen molar-refractivity contribution in [2.24, 2.45) is 0 Å². The molecule has 4 heteroatoms. The van der Waals surface area contributed by atoms with Crippen LogP contribution in [0.15, 0.2) is 48.5 Å². The number of rotatable bonds is 5. The Morgan fingerprint density at radius 3 is 2.68 bits per heavy atom. The van der Waals surface area contributed by atoms with E-state index in [2.05, 4.69) is 0 Å². The highest BCUT2D eigenvalue weighted by atomic mass is 35.5. The molecule has 2 aromatic carbocycles. The molecule has 0 saturated carbocycles. The Morgan fingerprint density at radius 2 is 1.95 bits per heavy atom. The fourth-order valence-electron chi connectivity index (χ4n) is 1.78. The number of anilines is 1. The van der Waals surface area contributed by atoms with E-state index in [1.165, 1.54) is 0 Å². The molecule has 0 aliphatic heterocycles. The summed E-state index contributed by atoms with van der Waals surface area (Å²) in [6.45, 7) is 0.635. The number of hydrogen-bond donors (Lipinski definition) is 2. The zero-order chi connectivity index (χ0) is 13.7. The zero-order valence-corrected chi connectivity index (χ0v) is 11.2. The third kappa shape index (κ3) is 4.24. The van der Waals surface area contributed by atoms with Crippen molar-refractivity contribution in [3.05, 3.63) is 64.7 Å². The number of benzene rings is 2. The minimum Gasteiger partial charge on any atom is -0.399 e. The average molecular weight is 278 g/mol. The molecule has 0 aromatic heterocycles. The lowest BCUT2D eigenvalue weighted by atomic mass is 10.1. The number of aliphatic hydroxyl groups is 1. The lowest BCUT2D eigenvalue weighted by Gasteiger charge is -2.12. The van der Waals surface area contributed by atoms with Crippen LogP contribution in [0.4, 0.5) is 5.69 Å². The first-order valence-electron chi connectivity index (χ1n) is 6.01. The van der Waals surface area contributed by atoms with E-state index in [9.17, 15) is 5.11 Å². The van der Waals surface area contributed by atoms with Gasteiger partial charge in [0.1, 0.15) is 6.10 Å². The standard InChI is InChI=1S/C15H16ClNO2/c16-13-5-1-3-11(7-13)9-19-10-15(18)12-4-2-6-14(17)8-12/h1-8,15,18H,9-10,17H2. The molecule has 3 N–H and O–H groups in total. The van der Waals surface area contributed by atoms with Crippen molar-refractivity contribution in [2.75, 3.05) is 12.3 Å². The maximum absolute atomic E-state index is 9.97. The SMILES string of the molecule is Nc1cccc(C(O)COCc2cccc(Cl)c2)c1. The summed E-state index contributed by atoms with van der Waals surface area (Å²) >= 11 is 5.88. The van der Waals surface area contributed by atoms with Crippen molar-refractivity contribution in [1.29, 1.82) is 0 Å². The number of aliphatic hydroxyl groups excluding tert-OH is 1. The van der Waals surface area contributed by atoms with Gasteiger partial charge in [-0.05, 0) is 35.4 Å². The van der Waals surface area contributed by atoms with Crippen LogP contribution in [-0.2, 0) is 11.3 Å². The second kappa shape index (κ2) is 6.57. The molecule has 2 rings (SSSR count). The minimum atomic E-state index is -0.678. The van der Waals surface area contributed by atoms with Gasteiger partial charge in [-0.1, -0.05) is 35.9 Å². The first-order chi connectivity index (χ1) is 9.15. The van der Waals surface area contributed by atoms with Crippen molar-refractivity contribution in [2.45, 2.75) is 12.7 Å². The van der Waals surface area contributed by atoms with Gasteiger partial charge in [-0.25, -0.2) is 0 Å². The molecule has 3 nitrogen and oxygen atoms in total. The Hall–Kier alpha value is -1.55. The maximum Gasteiger partial charge on any atom is 0.102 e. The molecule has 0 fully saturated rings. The van der Waals surface area contributed by atoms with Crippen molar-refractivity contribution in [1.82, 2.24) is 0 Å². The van der Waals surface area contributed by atoms with Gasteiger partial charge < -0.3 is 15.6 Å². The van der Waals surface area contributed by atoms with Gasteiger partial charge in [-0.2, -0.15) is 0 Å². The van der Waals surface area contributed by atoms with E-state index in [4.69, 9.17) is 22.1 Å². The molecule has 2 aromatic rings. The van der Waals surface area contributed by atoms with Crippen LogP contribution >= 0.6 is 11.6 Å². The molecule has 0 saturated heterocycles. The molecule has 1 unspecified atom stereocenters. The van der Waals surface area contributed by atoms with Crippen molar-refractivity contribution >= 4 is 17.3 Å². The highest BCUT2D eigenvalue weighted by molar-refractivity contribution is 6.30. The van der Waals surface area contributed by atoms with E-state index >= 15 is 0 Å². The Bertz CT molecular complexity index is 545. The highest BCUT2D eigenvalue weighted by Crippen LogP contribution is 2.17. The van der Waals surface area contributed by atoms with Gasteiger partial charge in [0, 0.05) is 10.7 Å². The molecular formula is C15H16ClNO2. The van der Waals surface area contributed by atoms with Gasteiger partial charge in [0.25, 0.3) is 0 Å². The summed E-state index contributed by atoms with van der Waals surface area (Å²) in [6, 6.07) is 14.6. The number of nitrogens with two attached hydrogens (primary N) is 1. The van der Waals surface area contributed by atoms with Crippen LogP contribution in [0.2, 0.25) is 5.02 Å². The first kappa shape index (κ1) is 13.9. The monoisotopic (exact) mass is 277 g/mol. The molecule has 0 amide bonds. The number of ether oxygens (including phenoxy) is 1. The normalized spacial score (nSPS) is 12.3. The fourth-order valence-corrected chi connectivity index (χ4v) is 1.99. The molecule has 0 bridgehead atoms. The summed E-state index contributed by atoms with van der Waals surface area (Å²) in [6.07, 6.45) is -0.678. The van der Waals surface area contributed by atoms with Gasteiger partial charge in [0.05, 0.1) is 13.2 Å². The topological polar surface area (TPSA) is 55.5 Å². The van der Waals surface area contributed by atoms with Crippen LogP contribution in [0.1, 0.15) is 17.2 Å². The van der Waals surface area contributed by atoms with E-state index in [1.807, 2.05) is 36.4 Å².